The Balaban J connectivity index is 1.13. The fourth-order valence-corrected chi connectivity index (χ4v) is 5.32. The van der Waals surface area contributed by atoms with Gasteiger partial charge in [-0.15, -0.1) is 11.8 Å². The van der Waals surface area contributed by atoms with Crippen molar-refractivity contribution in [3.05, 3.63) is 53.7 Å². The summed E-state index contributed by atoms with van der Waals surface area (Å²) < 4.78 is 25.7. The summed E-state index contributed by atoms with van der Waals surface area (Å²) in [5.41, 5.74) is 2.54. The number of methoxy groups -OCH3 is 1. The van der Waals surface area contributed by atoms with E-state index >= 15 is 0 Å². The van der Waals surface area contributed by atoms with Gasteiger partial charge in [-0.1, -0.05) is 0 Å². The van der Waals surface area contributed by atoms with Crippen molar-refractivity contribution in [2.75, 3.05) is 39.1 Å². The third-order valence-corrected chi connectivity index (χ3v) is 7.45. The van der Waals surface area contributed by atoms with Crippen LogP contribution in [0.25, 0.3) is 10.9 Å². The molecule has 0 radical (unpaired) electrons. The van der Waals surface area contributed by atoms with Gasteiger partial charge in [0, 0.05) is 48.1 Å². The van der Waals surface area contributed by atoms with Gasteiger partial charge in [0.25, 0.3) is 0 Å². The first-order valence-electron chi connectivity index (χ1n) is 11.5. The lowest BCUT2D eigenvalue weighted by molar-refractivity contribution is 0.198. The molecule has 1 saturated heterocycles. The summed E-state index contributed by atoms with van der Waals surface area (Å²) in [6.07, 6.45) is 6.07. The van der Waals surface area contributed by atoms with Gasteiger partial charge in [0.1, 0.15) is 17.3 Å². The van der Waals surface area contributed by atoms with Crippen molar-refractivity contribution in [2.45, 2.75) is 36.7 Å². The molecular formula is C25H29FN4O2S. The SMILES string of the molecule is COc1ccc2ncc(F)c(CCN3CCC(NCc4cc5c(cn4)SCCO5)CC3)c2c1. The second-order valence-corrected chi connectivity index (χ2v) is 9.67. The number of halogens is 1. The molecule has 6 nitrogen and oxygen atoms in total. The van der Waals surface area contributed by atoms with Crippen LogP contribution in [0.3, 0.4) is 0 Å². The standard InChI is InChI=1S/C25H29FN4O2S/c1-31-19-2-3-23-21(13-19)20(22(26)15-29-23)6-9-30-7-4-17(5-8-30)27-14-18-12-24-25(16-28-18)33-11-10-32-24/h2-3,12-13,15-17,27H,4-11,14H2,1H3. The van der Waals surface area contributed by atoms with Crippen molar-refractivity contribution < 1.29 is 13.9 Å². The number of likely N-dealkylation sites (tertiary alicyclic amines) is 1. The zero-order valence-electron chi connectivity index (χ0n) is 18.8. The summed E-state index contributed by atoms with van der Waals surface area (Å²) >= 11 is 1.80. The van der Waals surface area contributed by atoms with Crippen molar-refractivity contribution in [3.8, 4) is 11.5 Å². The molecule has 174 valence electrons. The second kappa shape index (κ2) is 10.2. The van der Waals surface area contributed by atoms with Crippen LogP contribution in [0.2, 0.25) is 0 Å². The molecule has 2 aliphatic rings. The highest BCUT2D eigenvalue weighted by Crippen LogP contribution is 2.32. The summed E-state index contributed by atoms with van der Waals surface area (Å²) in [5, 5.41) is 4.49. The fraction of sp³-hybridized carbons (Fsp3) is 0.440. The number of ether oxygens (including phenoxy) is 2. The highest BCUT2D eigenvalue weighted by atomic mass is 32.2. The lowest BCUT2D eigenvalue weighted by Crippen LogP contribution is -2.43. The number of hydrogen-bond acceptors (Lipinski definition) is 7. The van der Waals surface area contributed by atoms with Gasteiger partial charge in [-0.2, -0.15) is 0 Å². The average molecular weight is 469 g/mol. The lowest BCUT2D eigenvalue weighted by atomic mass is 10.0. The number of hydrogen-bond donors (Lipinski definition) is 1. The molecule has 0 aliphatic carbocycles. The van der Waals surface area contributed by atoms with Crippen molar-refractivity contribution in [1.29, 1.82) is 0 Å². The zero-order valence-corrected chi connectivity index (χ0v) is 19.7. The summed E-state index contributed by atoms with van der Waals surface area (Å²) in [6, 6.07) is 8.16. The molecule has 2 aliphatic heterocycles. The number of nitrogens with zero attached hydrogens (tertiary/aromatic N) is 3. The first-order chi connectivity index (χ1) is 16.2. The minimum absolute atomic E-state index is 0.243. The average Bonchev–Trinajstić information content (AvgIpc) is 2.87. The number of rotatable bonds is 7. The predicted molar refractivity (Wildman–Crippen MR) is 129 cm³/mol. The van der Waals surface area contributed by atoms with Crippen molar-refractivity contribution in [1.82, 2.24) is 20.2 Å². The maximum Gasteiger partial charge on any atom is 0.145 e. The number of fused-ring (bicyclic) bond motifs is 2. The monoisotopic (exact) mass is 468 g/mol. The molecule has 4 heterocycles. The van der Waals surface area contributed by atoms with Gasteiger partial charge in [-0.25, -0.2) is 4.39 Å². The van der Waals surface area contributed by atoms with Crippen LogP contribution in [0.15, 0.2) is 41.6 Å². The van der Waals surface area contributed by atoms with Crippen molar-refractivity contribution >= 4 is 22.7 Å². The Labute approximate surface area is 197 Å². The molecule has 3 aromatic rings. The number of nitrogens with one attached hydrogen (secondary N) is 1. The van der Waals surface area contributed by atoms with E-state index in [4.69, 9.17) is 9.47 Å². The highest BCUT2D eigenvalue weighted by molar-refractivity contribution is 7.99. The van der Waals surface area contributed by atoms with Gasteiger partial charge in [0.05, 0.1) is 36.0 Å². The van der Waals surface area contributed by atoms with Crippen LogP contribution in [0.1, 0.15) is 24.1 Å². The smallest absolute Gasteiger partial charge is 0.145 e. The summed E-state index contributed by atoms with van der Waals surface area (Å²) in [5.74, 6) is 2.43. The van der Waals surface area contributed by atoms with Gasteiger partial charge >= 0.3 is 0 Å². The fourth-order valence-electron chi connectivity index (χ4n) is 4.55. The van der Waals surface area contributed by atoms with E-state index in [1.807, 2.05) is 24.4 Å². The molecule has 0 atom stereocenters. The highest BCUT2D eigenvalue weighted by Gasteiger charge is 2.20. The van der Waals surface area contributed by atoms with Crippen LogP contribution in [0.4, 0.5) is 4.39 Å². The van der Waals surface area contributed by atoms with Crippen molar-refractivity contribution in [3.63, 3.8) is 0 Å². The number of piperidine rings is 1. The molecule has 1 N–H and O–H groups in total. The minimum Gasteiger partial charge on any atom is -0.497 e. The van der Waals surface area contributed by atoms with Crippen LogP contribution in [0.5, 0.6) is 11.5 Å². The Morgan fingerprint density at radius 2 is 2.09 bits per heavy atom. The molecule has 1 fully saturated rings. The molecule has 0 bridgehead atoms. The van der Waals surface area contributed by atoms with E-state index in [0.717, 1.165) is 89.9 Å². The molecule has 1 aromatic carbocycles. The number of thioether (sulfide) groups is 1. The van der Waals surface area contributed by atoms with E-state index in [-0.39, 0.29) is 5.82 Å². The second-order valence-electron chi connectivity index (χ2n) is 8.53. The molecule has 8 heteroatoms. The Kier molecular flexibility index (Phi) is 6.94. The number of pyridine rings is 2. The molecule has 2 aromatic heterocycles. The topological polar surface area (TPSA) is 59.5 Å². The molecule has 33 heavy (non-hydrogen) atoms. The first-order valence-corrected chi connectivity index (χ1v) is 12.5. The van der Waals surface area contributed by atoms with Crippen LogP contribution in [0, 0.1) is 5.82 Å². The first kappa shape index (κ1) is 22.4. The summed E-state index contributed by atoms with van der Waals surface area (Å²) in [7, 11) is 1.63. The van der Waals surface area contributed by atoms with E-state index < -0.39 is 0 Å². The van der Waals surface area contributed by atoms with Gasteiger partial charge in [0.15, 0.2) is 0 Å². The number of benzene rings is 1. The Morgan fingerprint density at radius 3 is 2.94 bits per heavy atom. The Morgan fingerprint density at radius 1 is 1.21 bits per heavy atom. The van der Waals surface area contributed by atoms with E-state index in [0.29, 0.717) is 12.5 Å². The van der Waals surface area contributed by atoms with Gasteiger partial charge < -0.3 is 19.7 Å². The van der Waals surface area contributed by atoms with Crippen LogP contribution >= 0.6 is 11.8 Å². The molecule has 0 amide bonds. The summed E-state index contributed by atoms with van der Waals surface area (Å²) in [6.45, 7) is 4.36. The maximum atomic E-state index is 14.6. The number of aromatic nitrogens is 2. The summed E-state index contributed by atoms with van der Waals surface area (Å²) in [4.78, 5) is 12.4. The Bertz CT molecular complexity index is 1120. The van der Waals surface area contributed by atoms with Gasteiger partial charge in [-0.3, -0.25) is 9.97 Å². The third kappa shape index (κ3) is 5.23. The molecule has 0 unspecified atom stereocenters. The van der Waals surface area contributed by atoms with Crippen LogP contribution in [-0.2, 0) is 13.0 Å². The third-order valence-electron chi connectivity index (χ3n) is 6.46. The quantitative estimate of drug-likeness (QED) is 0.561. The molecule has 0 saturated carbocycles. The van der Waals surface area contributed by atoms with E-state index in [9.17, 15) is 4.39 Å². The minimum atomic E-state index is -0.243. The molecular weight excluding hydrogens is 439 g/mol. The van der Waals surface area contributed by atoms with Crippen molar-refractivity contribution in [2.24, 2.45) is 0 Å². The lowest BCUT2D eigenvalue weighted by Gasteiger charge is -2.32. The van der Waals surface area contributed by atoms with E-state index in [1.54, 1.807) is 18.9 Å². The largest absolute Gasteiger partial charge is 0.497 e. The Hall–Kier alpha value is -2.42. The van der Waals surface area contributed by atoms with E-state index in [2.05, 4.69) is 26.3 Å². The van der Waals surface area contributed by atoms with Gasteiger partial charge in [0.2, 0.25) is 0 Å². The van der Waals surface area contributed by atoms with Gasteiger partial charge in [-0.05, 0) is 50.6 Å². The van der Waals surface area contributed by atoms with Crippen LogP contribution < -0.4 is 14.8 Å². The predicted octanol–water partition coefficient (Wildman–Crippen LogP) is 4.06. The zero-order chi connectivity index (χ0) is 22.6. The van der Waals surface area contributed by atoms with Crippen LogP contribution in [-0.4, -0.2) is 60.0 Å². The normalized spacial score (nSPS) is 17.0. The molecule has 5 rings (SSSR count). The van der Waals surface area contributed by atoms with E-state index in [1.165, 1.54) is 6.20 Å². The molecule has 0 spiro atoms. The maximum absolute atomic E-state index is 14.6.